The zero-order valence-electron chi connectivity index (χ0n) is 17.8. The average Bonchev–Trinajstić information content (AvgIpc) is 2.85. The summed E-state index contributed by atoms with van der Waals surface area (Å²) in [6.07, 6.45) is 1.62. The number of carbonyl (C=O) groups excluding carboxylic acids is 1. The van der Waals surface area contributed by atoms with Gasteiger partial charge in [0.25, 0.3) is 17.2 Å². The molecule has 0 radical (unpaired) electrons. The minimum atomic E-state index is -2.43. The number of carbonyl (C=O) groups is 1. The van der Waals surface area contributed by atoms with E-state index in [1.54, 1.807) is 48.7 Å². The third-order valence-corrected chi connectivity index (χ3v) is 5.70. The van der Waals surface area contributed by atoms with Gasteiger partial charge in [-0.3, -0.25) is 14.3 Å². The van der Waals surface area contributed by atoms with E-state index in [-0.39, 0.29) is 11.5 Å². The smallest absolute Gasteiger partial charge is 0.266 e. The van der Waals surface area contributed by atoms with Crippen molar-refractivity contribution < 1.29 is 18.3 Å². The summed E-state index contributed by atoms with van der Waals surface area (Å²) in [6.45, 7) is 1.10. The van der Waals surface area contributed by atoms with Crippen molar-refractivity contribution in [2.45, 2.75) is 6.61 Å². The Morgan fingerprint density at radius 1 is 0.939 bits per heavy atom. The number of hydrogen-bond acceptors (Lipinski definition) is 4. The molecule has 0 aliphatic heterocycles. The summed E-state index contributed by atoms with van der Waals surface area (Å²) in [5.41, 5.74) is 2.63. The predicted molar refractivity (Wildman–Crippen MR) is 130 cm³/mol. The van der Waals surface area contributed by atoms with Crippen LogP contribution in [0.5, 0.6) is 0 Å². The Bertz CT molecular complexity index is 1260. The molecule has 168 valence electrons. The highest BCUT2D eigenvalue weighted by Crippen LogP contribution is 2.34. The Morgan fingerprint density at radius 2 is 1.67 bits per heavy atom. The Labute approximate surface area is 194 Å². The number of rotatable bonds is 9. The number of para-hydroxylation sites is 2. The molecule has 0 bridgehead atoms. The van der Waals surface area contributed by atoms with E-state index in [0.717, 1.165) is 10.9 Å². The highest BCUT2D eigenvalue weighted by atomic mass is 32.2. The monoisotopic (exact) mass is 461 g/mol. The molecule has 3 aromatic carbocycles. The quantitative estimate of drug-likeness (QED) is 0.284. The van der Waals surface area contributed by atoms with Crippen LogP contribution in [0.25, 0.3) is 10.9 Å². The molecule has 0 fully saturated rings. The number of nitrogens with one attached hydrogen (secondary N) is 1. The summed E-state index contributed by atoms with van der Waals surface area (Å²) in [7, 11) is 0. The minimum Gasteiger partial charge on any atom is -0.375 e. The van der Waals surface area contributed by atoms with E-state index >= 15 is 0 Å². The molecule has 1 unspecified atom stereocenters. The molecule has 0 aliphatic rings. The van der Waals surface area contributed by atoms with Crippen LogP contribution in [0.2, 0.25) is 0 Å². The number of aromatic nitrogens is 1. The molecule has 4 aromatic rings. The van der Waals surface area contributed by atoms with E-state index in [4.69, 9.17) is 4.74 Å². The van der Waals surface area contributed by atoms with Gasteiger partial charge in [-0.05, 0) is 29.8 Å². The van der Waals surface area contributed by atoms with Crippen LogP contribution in [-0.2, 0) is 22.6 Å². The van der Waals surface area contributed by atoms with Crippen LogP contribution >= 0.6 is 0 Å². The molecule has 8 heteroatoms. The van der Waals surface area contributed by atoms with Gasteiger partial charge in [0.1, 0.15) is 0 Å². The maximum absolute atomic E-state index is 12.9. The minimum absolute atomic E-state index is 0.274. The van der Waals surface area contributed by atoms with Crippen molar-refractivity contribution in [3.63, 3.8) is 0 Å². The van der Waals surface area contributed by atoms with Crippen molar-refractivity contribution in [2.24, 2.45) is 0 Å². The third kappa shape index (κ3) is 5.43. The molecule has 1 aromatic heterocycles. The first-order valence-electron chi connectivity index (χ1n) is 10.4. The molecular weight excluding hydrogens is 438 g/mol. The number of fused-ring (bicyclic) bond motifs is 1. The van der Waals surface area contributed by atoms with Crippen molar-refractivity contribution in [1.29, 1.82) is 0 Å². The van der Waals surface area contributed by atoms with Gasteiger partial charge >= 0.3 is 0 Å². The Balaban J connectivity index is 1.51. The van der Waals surface area contributed by atoms with Gasteiger partial charge in [0.2, 0.25) is 0 Å². The van der Waals surface area contributed by atoms with E-state index in [0.29, 0.717) is 36.6 Å². The number of hydrogen-bond donors (Lipinski definition) is 2. The largest absolute Gasteiger partial charge is 0.375 e. The number of nitrogens with zero attached hydrogens (tertiary/aromatic N) is 2. The molecule has 33 heavy (non-hydrogen) atoms. The summed E-state index contributed by atoms with van der Waals surface area (Å²) in [4.78, 5) is 17.3. The summed E-state index contributed by atoms with van der Waals surface area (Å²) in [5.74, 6) is -0.363. The number of benzene rings is 3. The highest BCUT2D eigenvalue weighted by Gasteiger charge is 2.23. The van der Waals surface area contributed by atoms with Gasteiger partial charge in [-0.1, -0.05) is 60.7 Å². The van der Waals surface area contributed by atoms with E-state index in [2.05, 4.69) is 10.3 Å². The molecule has 1 heterocycles. The lowest BCUT2D eigenvalue weighted by molar-refractivity contribution is 0.0901. The average molecular weight is 462 g/mol. The second-order valence-corrected chi connectivity index (χ2v) is 8.02. The maximum atomic E-state index is 12.9. The Hall–Kier alpha value is -3.59. The van der Waals surface area contributed by atoms with Gasteiger partial charge < -0.3 is 10.1 Å². The molecule has 0 aliphatic carbocycles. The zero-order chi connectivity index (χ0) is 23.0. The molecule has 1 amide bonds. The van der Waals surface area contributed by atoms with Gasteiger partial charge in [-0.2, -0.15) is 0 Å². The second kappa shape index (κ2) is 10.8. The second-order valence-electron chi connectivity index (χ2n) is 7.19. The topological polar surface area (TPSA) is 91.8 Å². The molecule has 0 saturated heterocycles. The van der Waals surface area contributed by atoms with Crippen LogP contribution in [0.15, 0.2) is 91.1 Å². The molecule has 4 rings (SSSR count). The van der Waals surface area contributed by atoms with Crippen LogP contribution in [0.1, 0.15) is 15.9 Å². The summed E-state index contributed by atoms with van der Waals surface area (Å²) in [5, 5.41) is 3.64. The fourth-order valence-corrected chi connectivity index (χ4v) is 4.13. The zero-order valence-corrected chi connectivity index (χ0v) is 18.6. The Morgan fingerprint density at radius 3 is 2.48 bits per heavy atom. The lowest BCUT2D eigenvalue weighted by Crippen LogP contribution is -2.30. The van der Waals surface area contributed by atoms with E-state index in [1.165, 1.54) is 4.31 Å². The molecule has 1 atom stereocenters. The van der Waals surface area contributed by atoms with Gasteiger partial charge in [0, 0.05) is 18.1 Å². The first kappa shape index (κ1) is 22.6. The summed E-state index contributed by atoms with van der Waals surface area (Å²) >= 11 is -2.43. The first-order chi connectivity index (χ1) is 16.1. The third-order valence-electron chi connectivity index (χ3n) is 5.00. The first-order valence-corrected chi connectivity index (χ1v) is 11.5. The number of ether oxygens (including phenoxy) is 1. The van der Waals surface area contributed by atoms with Crippen molar-refractivity contribution in [3.05, 3.63) is 102 Å². The van der Waals surface area contributed by atoms with Crippen LogP contribution < -0.4 is 9.62 Å². The molecule has 2 N–H and O–H groups in total. The van der Waals surface area contributed by atoms with Crippen LogP contribution in [0.4, 0.5) is 11.4 Å². The van der Waals surface area contributed by atoms with E-state index in [9.17, 15) is 13.6 Å². The maximum Gasteiger partial charge on any atom is 0.266 e. The van der Waals surface area contributed by atoms with Crippen LogP contribution in [-0.4, -0.2) is 32.8 Å². The normalized spacial score (nSPS) is 11.8. The highest BCUT2D eigenvalue weighted by molar-refractivity contribution is 7.81. The van der Waals surface area contributed by atoms with Crippen molar-refractivity contribution in [2.75, 3.05) is 17.5 Å². The van der Waals surface area contributed by atoms with Gasteiger partial charge in [0.05, 0.1) is 35.7 Å². The fourth-order valence-electron chi connectivity index (χ4n) is 3.49. The molecule has 0 saturated carbocycles. The van der Waals surface area contributed by atoms with Crippen LogP contribution in [0, 0.1) is 0 Å². The number of amides is 1. The van der Waals surface area contributed by atoms with Crippen molar-refractivity contribution in [1.82, 2.24) is 10.3 Å². The summed E-state index contributed by atoms with van der Waals surface area (Å²) in [6, 6.07) is 25.5. The van der Waals surface area contributed by atoms with Gasteiger partial charge in [-0.25, -0.2) is 8.51 Å². The number of pyridine rings is 1. The SMILES string of the molecule is O=C(NCCOCc1ccccc1)c1ccccc1N(c1cccc2cccnc12)S(=O)O. The van der Waals surface area contributed by atoms with Crippen LogP contribution in [0.3, 0.4) is 0 Å². The Kier molecular flexibility index (Phi) is 7.41. The summed E-state index contributed by atoms with van der Waals surface area (Å²) < 4.78 is 29.4. The van der Waals surface area contributed by atoms with Crippen molar-refractivity contribution >= 4 is 39.5 Å². The lowest BCUT2D eigenvalue weighted by Gasteiger charge is -2.23. The standard InChI is InChI=1S/C25H23N3O4S/c29-25(27-16-17-32-18-19-8-2-1-3-9-19)21-12-4-5-13-22(21)28(33(30)31)23-14-6-10-20-11-7-15-26-24(20)23/h1-15H,16-18H2,(H,27,29)(H,30,31). The lowest BCUT2D eigenvalue weighted by atomic mass is 10.1. The number of anilines is 2. The van der Waals surface area contributed by atoms with Crippen molar-refractivity contribution in [3.8, 4) is 0 Å². The molecule has 0 spiro atoms. The predicted octanol–water partition coefficient (Wildman–Crippen LogP) is 4.46. The fraction of sp³-hybridized carbons (Fsp3) is 0.120. The van der Waals surface area contributed by atoms with Gasteiger partial charge in [-0.15, -0.1) is 0 Å². The van der Waals surface area contributed by atoms with Gasteiger partial charge in [0.15, 0.2) is 0 Å². The van der Waals surface area contributed by atoms with E-state index < -0.39 is 11.3 Å². The van der Waals surface area contributed by atoms with E-state index in [1.807, 2.05) is 42.5 Å². The molecular formula is C25H23N3O4S. The molecule has 7 nitrogen and oxygen atoms in total.